The topological polar surface area (TPSA) is 76.6 Å². The molecule has 0 spiro atoms. The highest BCUT2D eigenvalue weighted by atomic mass is 127. The number of rotatable bonds is 8. The minimum absolute atomic E-state index is 0.00546. The van der Waals surface area contributed by atoms with E-state index in [9.17, 15) is 9.18 Å². The Labute approximate surface area is 263 Å². The fourth-order valence-electron chi connectivity index (χ4n) is 4.53. The summed E-state index contributed by atoms with van der Waals surface area (Å²) >= 11 is 3.60. The molecule has 1 atom stereocenters. The van der Waals surface area contributed by atoms with Gasteiger partial charge in [0.05, 0.1) is 22.4 Å². The van der Waals surface area contributed by atoms with Crippen molar-refractivity contribution in [3.8, 4) is 21.9 Å². The number of anilines is 2. The number of thiophene rings is 1. The number of aromatic nitrogens is 2. The second kappa shape index (κ2) is 12.5. The van der Waals surface area contributed by atoms with Crippen LogP contribution in [0.5, 0.6) is 11.5 Å². The summed E-state index contributed by atoms with van der Waals surface area (Å²) in [5.41, 5.74) is 2.98. The van der Waals surface area contributed by atoms with Crippen molar-refractivity contribution in [3.05, 3.63) is 121 Å². The summed E-state index contributed by atoms with van der Waals surface area (Å²) in [5.74, 6) is -0.577. The third-order valence-electron chi connectivity index (χ3n) is 6.54. The number of halogens is 3. The molecule has 1 amide bonds. The van der Waals surface area contributed by atoms with Gasteiger partial charge in [-0.25, -0.2) is 8.78 Å². The fraction of sp³-hybridized carbons (Fsp3) is 0.0938. The van der Waals surface area contributed by atoms with E-state index in [1.165, 1.54) is 35.6 Å². The van der Waals surface area contributed by atoms with Crippen molar-refractivity contribution in [2.45, 2.75) is 11.0 Å². The van der Waals surface area contributed by atoms with E-state index in [1.807, 2.05) is 30.0 Å². The van der Waals surface area contributed by atoms with Crippen LogP contribution in [0.15, 0.2) is 109 Å². The van der Waals surface area contributed by atoms with Crippen LogP contribution in [0, 0.1) is 11.6 Å². The molecule has 0 radical (unpaired) electrons. The first kappa shape index (κ1) is 28.7. The van der Waals surface area contributed by atoms with Gasteiger partial charge in [0.15, 0.2) is 11.6 Å². The molecule has 5 aromatic rings. The van der Waals surface area contributed by atoms with Crippen LogP contribution < -0.4 is 15.0 Å². The molecule has 2 aromatic carbocycles. The fourth-order valence-corrected chi connectivity index (χ4v) is 6.68. The maximum absolute atomic E-state index is 15.3. The highest BCUT2D eigenvalue weighted by Crippen LogP contribution is 2.40. The van der Waals surface area contributed by atoms with E-state index in [-0.39, 0.29) is 17.3 Å². The van der Waals surface area contributed by atoms with Gasteiger partial charge in [0, 0.05) is 58.7 Å². The Morgan fingerprint density at radius 3 is 2.65 bits per heavy atom. The Kier molecular flexibility index (Phi) is 8.34. The van der Waals surface area contributed by atoms with Crippen LogP contribution >= 0.6 is 33.9 Å². The highest BCUT2D eigenvalue weighted by Gasteiger charge is 2.31. The number of nitrogens with one attached hydrogen (secondary N) is 1. The number of carbonyl (C=O) groups is 1. The maximum atomic E-state index is 15.3. The number of amides is 1. The summed E-state index contributed by atoms with van der Waals surface area (Å²) in [4.78, 5) is 24.9. The Bertz CT molecular complexity index is 1860. The third-order valence-corrected chi connectivity index (χ3v) is 8.95. The van der Waals surface area contributed by atoms with Crippen LogP contribution in [0.25, 0.3) is 20.7 Å². The van der Waals surface area contributed by atoms with E-state index in [2.05, 4.69) is 37.9 Å². The van der Waals surface area contributed by atoms with Crippen LogP contribution in [0.3, 0.4) is 0 Å². The molecule has 1 aliphatic heterocycles. The number of alkyl halides is 1. The van der Waals surface area contributed by atoms with Crippen molar-refractivity contribution >= 4 is 61.4 Å². The number of hydrogen-bond donors (Lipinski definition) is 1. The molecular weight excluding hydrogens is 685 g/mol. The van der Waals surface area contributed by atoms with E-state index in [1.54, 1.807) is 55.1 Å². The van der Waals surface area contributed by atoms with Crippen LogP contribution in [0.2, 0.25) is 0 Å². The average molecular weight is 709 g/mol. The van der Waals surface area contributed by atoms with E-state index in [0.717, 1.165) is 20.7 Å². The van der Waals surface area contributed by atoms with Gasteiger partial charge >= 0.3 is 0 Å². The number of nitrogens with zero attached hydrogens (tertiary/aromatic N) is 3. The minimum atomic E-state index is -0.645. The first-order chi connectivity index (χ1) is 20.9. The molecule has 11 heteroatoms. The lowest BCUT2D eigenvalue weighted by atomic mass is 10.1. The van der Waals surface area contributed by atoms with Gasteiger partial charge in [-0.2, -0.15) is 0 Å². The summed E-state index contributed by atoms with van der Waals surface area (Å²) < 4.78 is 40.8. The number of pyridine rings is 2. The van der Waals surface area contributed by atoms with Gasteiger partial charge in [-0.3, -0.25) is 14.8 Å². The Hall–Kier alpha value is -4.36. The predicted octanol–water partition coefficient (Wildman–Crippen LogP) is 8.45. The van der Waals surface area contributed by atoms with E-state index < -0.39 is 15.8 Å². The summed E-state index contributed by atoms with van der Waals surface area (Å²) in [5, 5.41) is 2.78. The minimum Gasteiger partial charge on any atom is -0.493 e. The zero-order valence-corrected chi connectivity index (χ0v) is 25.6. The van der Waals surface area contributed by atoms with Crippen molar-refractivity contribution in [1.82, 2.24) is 9.97 Å². The van der Waals surface area contributed by atoms with Crippen LogP contribution in [0.1, 0.15) is 6.92 Å². The molecule has 1 unspecified atom stereocenters. The lowest BCUT2D eigenvalue weighted by molar-refractivity contribution is -0.113. The normalized spacial score (nSPS) is 14.7. The molecule has 3 aromatic heterocycles. The number of hydrogen-bond acceptors (Lipinski definition) is 7. The molecular formula is C32H23F2IN4O3S. The monoisotopic (exact) mass is 708 g/mol. The van der Waals surface area contributed by atoms with Gasteiger partial charge in [0.25, 0.3) is 5.91 Å². The zero-order chi connectivity index (χ0) is 29.9. The largest absolute Gasteiger partial charge is 0.493 e. The second-order valence-electron chi connectivity index (χ2n) is 9.32. The van der Waals surface area contributed by atoms with Crippen molar-refractivity contribution in [1.29, 1.82) is 0 Å². The number of carbonyl (C=O) groups excluding carboxylic acids is 1. The van der Waals surface area contributed by atoms with Gasteiger partial charge in [-0.05, 0) is 61.5 Å². The first-order valence-electron chi connectivity index (χ1n) is 13.2. The first-order valence-corrected chi connectivity index (χ1v) is 15.3. The predicted molar refractivity (Wildman–Crippen MR) is 172 cm³/mol. The Morgan fingerprint density at radius 2 is 1.91 bits per heavy atom. The molecule has 0 bridgehead atoms. The molecule has 1 N–H and O–H groups in total. The van der Waals surface area contributed by atoms with E-state index >= 15 is 4.39 Å². The van der Waals surface area contributed by atoms with Crippen LogP contribution in [0.4, 0.5) is 20.2 Å². The third kappa shape index (κ3) is 6.09. The van der Waals surface area contributed by atoms with Crippen molar-refractivity contribution < 1.29 is 23.0 Å². The molecule has 0 saturated heterocycles. The second-order valence-corrected chi connectivity index (χ2v) is 11.6. The van der Waals surface area contributed by atoms with E-state index in [0.29, 0.717) is 29.4 Å². The summed E-state index contributed by atoms with van der Waals surface area (Å²) in [6.45, 7) is 2.18. The van der Waals surface area contributed by atoms with Gasteiger partial charge in [0.2, 0.25) is 0 Å². The Morgan fingerprint density at radius 1 is 1.07 bits per heavy atom. The lowest BCUT2D eigenvalue weighted by Gasteiger charge is -2.32. The van der Waals surface area contributed by atoms with Gasteiger partial charge in [-0.1, -0.05) is 28.7 Å². The SMILES string of the molecule is CCOC1=C(C(=O)Nc2ccc(Oc3ccnc4cc(-c5cccnc5)sc34)c(F)c2)C(I)N(c2ccc(F)cc2)C=C1. The van der Waals surface area contributed by atoms with Crippen molar-refractivity contribution in [2.24, 2.45) is 0 Å². The standard InChI is InChI=1S/C32H23F2IN4O3S/c1-2-41-26-12-15-39(22-8-5-20(33)6-9-22)31(35)29(26)32(40)38-21-7-10-25(23(34)16-21)42-27-11-14-37-24-17-28(43-30(24)27)19-4-3-13-36-18-19/h3-18,31H,2H2,1H3,(H,38,40). The summed E-state index contributed by atoms with van der Waals surface area (Å²) in [6, 6.07) is 17.7. The molecule has 43 heavy (non-hydrogen) atoms. The lowest BCUT2D eigenvalue weighted by Crippen LogP contribution is -2.36. The van der Waals surface area contributed by atoms with Crippen molar-refractivity contribution in [2.75, 3.05) is 16.8 Å². The van der Waals surface area contributed by atoms with Gasteiger partial charge in [0.1, 0.15) is 21.4 Å². The molecule has 0 aliphatic carbocycles. The number of allylic oxidation sites excluding steroid dienone is 1. The smallest absolute Gasteiger partial charge is 0.258 e. The highest BCUT2D eigenvalue weighted by molar-refractivity contribution is 14.1. The molecule has 1 aliphatic rings. The molecule has 6 rings (SSSR count). The molecule has 216 valence electrons. The molecule has 7 nitrogen and oxygen atoms in total. The van der Waals surface area contributed by atoms with E-state index in [4.69, 9.17) is 9.47 Å². The number of ether oxygens (including phenoxy) is 2. The van der Waals surface area contributed by atoms with Crippen molar-refractivity contribution in [3.63, 3.8) is 0 Å². The number of fused-ring (bicyclic) bond motifs is 1. The molecule has 4 heterocycles. The summed E-state index contributed by atoms with van der Waals surface area (Å²) in [6.07, 6.45) is 8.56. The molecule has 0 saturated carbocycles. The maximum Gasteiger partial charge on any atom is 0.258 e. The van der Waals surface area contributed by atoms with Gasteiger partial charge < -0.3 is 19.7 Å². The average Bonchev–Trinajstić information content (AvgIpc) is 3.45. The Balaban J connectivity index is 1.22. The van der Waals surface area contributed by atoms with Gasteiger partial charge in [-0.15, -0.1) is 11.3 Å². The zero-order valence-electron chi connectivity index (χ0n) is 22.6. The quantitative estimate of drug-likeness (QED) is 0.0991. The van der Waals surface area contributed by atoms with Crippen LogP contribution in [-0.2, 0) is 9.53 Å². The summed E-state index contributed by atoms with van der Waals surface area (Å²) in [7, 11) is 0. The van der Waals surface area contributed by atoms with Crippen LogP contribution in [-0.4, -0.2) is 26.5 Å². The molecule has 0 fully saturated rings. The number of benzene rings is 2.